The first-order valence-electron chi connectivity index (χ1n) is 7.25. The number of nitrogens with one attached hydrogen (secondary N) is 1. The lowest BCUT2D eigenvalue weighted by Gasteiger charge is -2.17. The van der Waals surface area contributed by atoms with Crippen LogP contribution in [-0.4, -0.2) is 6.54 Å². The first-order chi connectivity index (χ1) is 10.0. The largest absolute Gasteiger partial charge is 0.309 e. The van der Waals surface area contributed by atoms with Crippen molar-refractivity contribution in [2.45, 2.75) is 39.7 Å². The zero-order chi connectivity index (χ0) is 15.4. The monoisotopic (exact) mass is 309 g/mol. The summed E-state index contributed by atoms with van der Waals surface area (Å²) in [6.45, 7) is 7.17. The fourth-order valence-corrected chi connectivity index (χ4v) is 3.39. The summed E-state index contributed by atoms with van der Waals surface area (Å²) in [7, 11) is 0. The van der Waals surface area contributed by atoms with E-state index < -0.39 is 11.6 Å². The van der Waals surface area contributed by atoms with Crippen LogP contribution >= 0.6 is 11.3 Å². The number of hydrogen-bond acceptors (Lipinski definition) is 2. The number of hydrogen-bond donors (Lipinski definition) is 1. The van der Waals surface area contributed by atoms with Crippen LogP contribution in [0.15, 0.2) is 24.3 Å². The van der Waals surface area contributed by atoms with Gasteiger partial charge in [-0.25, -0.2) is 8.78 Å². The topological polar surface area (TPSA) is 12.0 Å². The van der Waals surface area contributed by atoms with Crippen LogP contribution in [0.4, 0.5) is 8.78 Å². The van der Waals surface area contributed by atoms with E-state index in [1.165, 1.54) is 21.4 Å². The van der Waals surface area contributed by atoms with Gasteiger partial charge in [-0.15, -0.1) is 11.3 Å². The van der Waals surface area contributed by atoms with Crippen molar-refractivity contribution in [3.05, 3.63) is 56.8 Å². The predicted octanol–water partition coefficient (Wildman–Crippen LogP) is 4.93. The van der Waals surface area contributed by atoms with Crippen molar-refractivity contribution in [2.24, 2.45) is 0 Å². The van der Waals surface area contributed by atoms with Crippen molar-refractivity contribution in [3.8, 4) is 0 Å². The molecule has 114 valence electrons. The van der Waals surface area contributed by atoms with Crippen LogP contribution in [0.3, 0.4) is 0 Å². The van der Waals surface area contributed by atoms with Crippen molar-refractivity contribution < 1.29 is 8.78 Å². The van der Waals surface area contributed by atoms with Gasteiger partial charge in [0, 0.05) is 21.9 Å². The molecule has 2 aromatic rings. The normalized spacial score (nSPS) is 12.6. The second-order valence-electron chi connectivity index (χ2n) is 5.33. The number of halogens is 2. The number of aryl methyl sites for hydroxylation is 2. The van der Waals surface area contributed by atoms with Crippen LogP contribution in [0.5, 0.6) is 0 Å². The Kier molecular flexibility index (Phi) is 5.48. The third-order valence-corrected chi connectivity index (χ3v) is 4.87. The van der Waals surface area contributed by atoms with Gasteiger partial charge in [0.2, 0.25) is 0 Å². The van der Waals surface area contributed by atoms with E-state index >= 15 is 0 Å². The Morgan fingerprint density at radius 2 is 1.95 bits per heavy atom. The Balaban J connectivity index is 2.23. The number of benzene rings is 1. The maximum atomic E-state index is 13.9. The van der Waals surface area contributed by atoms with Crippen molar-refractivity contribution in [1.29, 1.82) is 0 Å². The first kappa shape index (κ1) is 16.1. The van der Waals surface area contributed by atoms with Gasteiger partial charge >= 0.3 is 0 Å². The average Bonchev–Trinajstić information content (AvgIpc) is 2.77. The maximum absolute atomic E-state index is 13.9. The molecule has 1 atom stereocenters. The Morgan fingerprint density at radius 3 is 2.52 bits per heavy atom. The summed E-state index contributed by atoms with van der Waals surface area (Å²) in [4.78, 5) is 2.50. The van der Waals surface area contributed by atoms with Gasteiger partial charge in [-0.2, -0.15) is 0 Å². The van der Waals surface area contributed by atoms with Gasteiger partial charge in [0.25, 0.3) is 0 Å². The van der Waals surface area contributed by atoms with Gasteiger partial charge in [0.05, 0.1) is 0 Å². The van der Waals surface area contributed by atoms with Crippen LogP contribution in [0.1, 0.15) is 40.3 Å². The fourth-order valence-electron chi connectivity index (χ4n) is 2.27. The average molecular weight is 309 g/mol. The molecule has 0 saturated heterocycles. The Morgan fingerprint density at radius 1 is 1.19 bits per heavy atom. The van der Waals surface area contributed by atoms with Gasteiger partial charge in [-0.1, -0.05) is 13.0 Å². The van der Waals surface area contributed by atoms with Gasteiger partial charge in [-0.05, 0) is 56.5 Å². The van der Waals surface area contributed by atoms with Crippen LogP contribution < -0.4 is 5.32 Å². The molecule has 0 radical (unpaired) electrons. The van der Waals surface area contributed by atoms with E-state index in [0.717, 1.165) is 19.0 Å². The minimum absolute atomic E-state index is 0.0716. The highest BCUT2D eigenvalue weighted by molar-refractivity contribution is 7.12. The quantitative estimate of drug-likeness (QED) is 0.798. The number of rotatable bonds is 6. The van der Waals surface area contributed by atoms with Crippen LogP contribution in [0.2, 0.25) is 0 Å². The molecule has 2 rings (SSSR count). The third-order valence-electron chi connectivity index (χ3n) is 3.61. The molecule has 0 aliphatic heterocycles. The second kappa shape index (κ2) is 7.14. The molecule has 0 aliphatic carbocycles. The lowest BCUT2D eigenvalue weighted by atomic mass is 10.0. The molecule has 1 heterocycles. The zero-order valence-electron chi connectivity index (χ0n) is 12.7. The summed E-state index contributed by atoms with van der Waals surface area (Å²) in [6, 6.07) is 6.05. The molecule has 0 bridgehead atoms. The molecule has 1 nitrogen and oxygen atoms in total. The van der Waals surface area contributed by atoms with E-state index in [-0.39, 0.29) is 6.04 Å². The molecule has 0 amide bonds. The van der Waals surface area contributed by atoms with Crippen molar-refractivity contribution in [1.82, 2.24) is 5.32 Å². The van der Waals surface area contributed by atoms with Crippen LogP contribution in [-0.2, 0) is 6.42 Å². The fraction of sp³-hybridized carbons (Fsp3) is 0.412. The lowest BCUT2D eigenvalue weighted by Crippen LogP contribution is -2.23. The van der Waals surface area contributed by atoms with Gasteiger partial charge in [0.1, 0.15) is 11.6 Å². The molecule has 1 unspecified atom stereocenters. The van der Waals surface area contributed by atoms with E-state index in [1.54, 1.807) is 17.4 Å². The molecule has 1 aromatic heterocycles. The minimum atomic E-state index is -0.530. The van der Waals surface area contributed by atoms with Gasteiger partial charge in [-0.3, -0.25) is 0 Å². The van der Waals surface area contributed by atoms with Gasteiger partial charge < -0.3 is 5.32 Å². The molecule has 0 saturated carbocycles. The summed E-state index contributed by atoms with van der Waals surface area (Å²) in [5.41, 5.74) is 1.81. The van der Waals surface area contributed by atoms with Crippen LogP contribution in [0.25, 0.3) is 0 Å². The highest BCUT2D eigenvalue weighted by atomic mass is 32.1. The molecule has 0 spiro atoms. The molecule has 1 aromatic carbocycles. The molecule has 0 aliphatic rings. The summed E-state index contributed by atoms with van der Waals surface area (Å²) >= 11 is 1.74. The van der Waals surface area contributed by atoms with E-state index in [0.29, 0.717) is 12.0 Å². The molecule has 21 heavy (non-hydrogen) atoms. The molecular weight excluding hydrogens is 288 g/mol. The van der Waals surface area contributed by atoms with Crippen molar-refractivity contribution in [3.63, 3.8) is 0 Å². The zero-order valence-corrected chi connectivity index (χ0v) is 13.5. The van der Waals surface area contributed by atoms with Gasteiger partial charge in [0.15, 0.2) is 0 Å². The van der Waals surface area contributed by atoms with E-state index in [9.17, 15) is 8.78 Å². The Bertz CT molecular complexity index is 587. The summed E-state index contributed by atoms with van der Waals surface area (Å²) < 4.78 is 26.9. The van der Waals surface area contributed by atoms with Crippen molar-refractivity contribution >= 4 is 11.3 Å². The summed E-state index contributed by atoms with van der Waals surface area (Å²) in [5.74, 6) is -1.000. The third kappa shape index (κ3) is 4.11. The van der Waals surface area contributed by atoms with Crippen LogP contribution in [0, 0.1) is 25.5 Å². The standard InChI is InChI=1S/C17H21F2NS/c1-4-7-20-16(17-8-11(2)12(3)21-17)9-13-5-6-14(18)10-15(13)19/h5-6,8,10,16,20H,4,7,9H2,1-3H3. The Hall–Kier alpha value is -1.26. The number of thiophene rings is 1. The maximum Gasteiger partial charge on any atom is 0.129 e. The first-order valence-corrected chi connectivity index (χ1v) is 8.07. The van der Waals surface area contributed by atoms with Crippen molar-refractivity contribution in [2.75, 3.05) is 6.54 Å². The molecule has 1 N–H and O–H groups in total. The molecule has 4 heteroatoms. The second-order valence-corrected chi connectivity index (χ2v) is 6.62. The van der Waals surface area contributed by atoms with E-state index in [4.69, 9.17) is 0 Å². The smallest absolute Gasteiger partial charge is 0.129 e. The SMILES string of the molecule is CCCNC(Cc1ccc(F)cc1F)c1cc(C)c(C)s1. The highest BCUT2D eigenvalue weighted by Gasteiger charge is 2.17. The minimum Gasteiger partial charge on any atom is -0.309 e. The summed E-state index contributed by atoms with van der Waals surface area (Å²) in [5, 5.41) is 3.47. The lowest BCUT2D eigenvalue weighted by molar-refractivity contribution is 0.513. The Labute approximate surface area is 129 Å². The summed E-state index contributed by atoms with van der Waals surface area (Å²) in [6.07, 6.45) is 1.55. The molecule has 0 fully saturated rings. The van der Waals surface area contributed by atoms with E-state index in [1.807, 2.05) is 0 Å². The predicted molar refractivity (Wildman–Crippen MR) is 84.9 cm³/mol. The highest BCUT2D eigenvalue weighted by Crippen LogP contribution is 2.29. The van der Waals surface area contributed by atoms with E-state index in [2.05, 4.69) is 32.2 Å². The molecular formula is C17H21F2NS.